The molecule has 2 nitrogen and oxygen atoms in total. The second kappa shape index (κ2) is 7.98. The van der Waals surface area contributed by atoms with Crippen LogP contribution in [0.4, 0.5) is 0 Å². The summed E-state index contributed by atoms with van der Waals surface area (Å²) in [4.78, 5) is 30.6. The summed E-state index contributed by atoms with van der Waals surface area (Å²) in [7, 11) is 0. The lowest BCUT2D eigenvalue weighted by Gasteiger charge is -2.22. The topological polar surface area (TPSA) is 34.1 Å². The van der Waals surface area contributed by atoms with Gasteiger partial charge < -0.3 is 0 Å². The van der Waals surface area contributed by atoms with Gasteiger partial charge in [0.25, 0.3) is 0 Å². The fourth-order valence-corrected chi connectivity index (χ4v) is 5.67. The van der Waals surface area contributed by atoms with Gasteiger partial charge in [-0.3, -0.25) is 9.59 Å². The predicted molar refractivity (Wildman–Crippen MR) is 121 cm³/mol. The first-order valence-corrected chi connectivity index (χ1v) is 11.2. The van der Waals surface area contributed by atoms with E-state index in [1.807, 2.05) is 72.8 Å². The molecule has 1 aliphatic carbocycles. The van der Waals surface area contributed by atoms with E-state index >= 15 is 0 Å². The molecule has 0 fully saturated rings. The Labute approximate surface area is 183 Å². The van der Waals surface area contributed by atoms with Gasteiger partial charge in [-0.2, -0.15) is 0 Å². The summed E-state index contributed by atoms with van der Waals surface area (Å²) in [6.07, 6.45) is 0. The highest BCUT2D eigenvalue weighted by Gasteiger charge is 2.33. The van der Waals surface area contributed by atoms with Crippen LogP contribution >= 0.6 is 23.5 Å². The third kappa shape index (κ3) is 3.38. The minimum Gasteiger partial charge on any atom is -0.289 e. The van der Waals surface area contributed by atoms with E-state index < -0.39 is 0 Å². The molecule has 4 aromatic carbocycles. The van der Waals surface area contributed by atoms with Crippen LogP contribution in [0, 0.1) is 0 Å². The number of carbonyl (C=O) groups excluding carboxylic acids is 2. The Hall–Kier alpha value is -3.08. The number of rotatable bonds is 4. The molecule has 4 aromatic rings. The summed E-state index contributed by atoms with van der Waals surface area (Å²) in [5, 5.41) is 0. The van der Waals surface area contributed by atoms with E-state index in [9.17, 15) is 9.59 Å². The van der Waals surface area contributed by atoms with Crippen LogP contribution in [-0.4, -0.2) is 11.6 Å². The number of benzene rings is 4. The van der Waals surface area contributed by atoms with Gasteiger partial charge in [0.05, 0.1) is 0 Å². The van der Waals surface area contributed by atoms with Crippen molar-refractivity contribution in [1.29, 1.82) is 0 Å². The second-order valence-corrected chi connectivity index (χ2v) is 9.05. The molecule has 0 aliphatic heterocycles. The molecule has 1 aliphatic rings. The smallest absolute Gasteiger partial charge is 0.195 e. The Morgan fingerprint density at radius 3 is 1.63 bits per heavy atom. The molecule has 0 heterocycles. The van der Waals surface area contributed by atoms with Crippen LogP contribution in [0.5, 0.6) is 0 Å². The first kappa shape index (κ1) is 18.9. The van der Waals surface area contributed by atoms with Crippen molar-refractivity contribution >= 4 is 35.1 Å². The molecule has 0 saturated heterocycles. The van der Waals surface area contributed by atoms with Gasteiger partial charge in [0.1, 0.15) is 0 Å². The largest absolute Gasteiger partial charge is 0.289 e. The van der Waals surface area contributed by atoms with Crippen molar-refractivity contribution in [3.63, 3.8) is 0 Å². The molecule has 0 aromatic heterocycles. The minimum absolute atomic E-state index is 0.0888. The lowest BCUT2D eigenvalue weighted by atomic mass is 9.84. The van der Waals surface area contributed by atoms with Gasteiger partial charge in [-0.15, -0.1) is 0 Å². The van der Waals surface area contributed by atoms with Crippen LogP contribution in [0.2, 0.25) is 0 Å². The number of fused-ring (bicyclic) bond motifs is 2. The highest BCUT2D eigenvalue weighted by Crippen LogP contribution is 2.44. The lowest BCUT2D eigenvalue weighted by Crippen LogP contribution is -2.21. The van der Waals surface area contributed by atoms with Crippen LogP contribution in [0.3, 0.4) is 0 Å². The molecule has 5 rings (SSSR count). The summed E-state index contributed by atoms with van der Waals surface area (Å²) in [5.74, 6) is -0.180. The normalized spacial score (nSPS) is 12.4. The average Bonchev–Trinajstić information content (AvgIpc) is 2.80. The van der Waals surface area contributed by atoms with E-state index in [2.05, 4.69) is 0 Å². The number of hydrogen-bond donors (Lipinski definition) is 0. The number of hydrogen-bond acceptors (Lipinski definition) is 4. The van der Waals surface area contributed by atoms with Gasteiger partial charge in [-0.25, -0.2) is 0 Å². The molecule has 0 N–H and O–H groups in total. The SMILES string of the molecule is O=C1c2ccccc2C(=O)c2c1ccc(Sc1ccccc1)c2Sc1ccccc1. The number of ketones is 2. The van der Waals surface area contributed by atoms with Crippen molar-refractivity contribution in [2.75, 3.05) is 0 Å². The maximum atomic E-state index is 13.5. The molecule has 0 amide bonds. The quantitative estimate of drug-likeness (QED) is 0.319. The Morgan fingerprint density at radius 2 is 1.00 bits per heavy atom. The van der Waals surface area contributed by atoms with Crippen LogP contribution in [-0.2, 0) is 0 Å². The number of carbonyl (C=O) groups is 2. The first-order valence-electron chi connectivity index (χ1n) is 9.53. The van der Waals surface area contributed by atoms with E-state index in [-0.39, 0.29) is 11.6 Å². The molecule has 0 radical (unpaired) electrons. The van der Waals surface area contributed by atoms with E-state index in [4.69, 9.17) is 0 Å². The van der Waals surface area contributed by atoms with Gasteiger partial charge in [-0.05, 0) is 36.4 Å². The molecule has 0 bridgehead atoms. The molecule has 0 atom stereocenters. The Kier molecular flexibility index (Phi) is 5.03. The van der Waals surface area contributed by atoms with Gasteiger partial charge >= 0.3 is 0 Å². The monoisotopic (exact) mass is 424 g/mol. The second-order valence-electron chi connectivity index (χ2n) is 6.85. The van der Waals surface area contributed by atoms with Crippen molar-refractivity contribution < 1.29 is 9.59 Å². The standard InChI is InChI=1S/C26H16O2S2/c27-24-19-13-7-8-14-20(19)25(28)23-21(24)15-16-22(29-17-9-3-1-4-10-17)26(23)30-18-11-5-2-6-12-18/h1-16H. The third-order valence-electron chi connectivity index (χ3n) is 4.94. The van der Waals surface area contributed by atoms with E-state index in [0.717, 1.165) is 19.6 Å². The van der Waals surface area contributed by atoms with E-state index in [0.29, 0.717) is 22.3 Å². The maximum absolute atomic E-state index is 13.5. The third-order valence-corrected chi connectivity index (χ3v) is 7.28. The molecular formula is C26H16O2S2. The lowest BCUT2D eigenvalue weighted by molar-refractivity contribution is 0.0976. The van der Waals surface area contributed by atoms with Crippen molar-refractivity contribution in [2.24, 2.45) is 0 Å². The van der Waals surface area contributed by atoms with Crippen LogP contribution in [0.15, 0.2) is 117 Å². The zero-order valence-electron chi connectivity index (χ0n) is 15.9. The van der Waals surface area contributed by atoms with Gasteiger partial charge in [0, 0.05) is 41.8 Å². The summed E-state index contributed by atoms with van der Waals surface area (Å²) in [6.45, 7) is 0. The van der Waals surface area contributed by atoms with Gasteiger partial charge in [0.15, 0.2) is 11.6 Å². The fourth-order valence-electron chi connectivity index (χ4n) is 3.54. The summed E-state index contributed by atoms with van der Waals surface area (Å²) in [5.41, 5.74) is 1.95. The molecule has 0 unspecified atom stereocenters. The summed E-state index contributed by atoms with van der Waals surface area (Å²) in [6, 6.07) is 30.9. The first-order chi connectivity index (χ1) is 14.7. The van der Waals surface area contributed by atoms with Gasteiger partial charge in [-0.1, -0.05) is 84.2 Å². The van der Waals surface area contributed by atoms with E-state index in [1.54, 1.807) is 36.0 Å². The Morgan fingerprint density at radius 1 is 0.467 bits per heavy atom. The van der Waals surface area contributed by atoms with Crippen molar-refractivity contribution in [1.82, 2.24) is 0 Å². The Balaban J connectivity index is 1.70. The zero-order chi connectivity index (χ0) is 20.5. The molecule has 144 valence electrons. The van der Waals surface area contributed by atoms with E-state index in [1.165, 1.54) is 11.8 Å². The highest BCUT2D eigenvalue weighted by molar-refractivity contribution is 8.02. The zero-order valence-corrected chi connectivity index (χ0v) is 17.5. The van der Waals surface area contributed by atoms with Crippen LogP contribution in [0.25, 0.3) is 0 Å². The minimum atomic E-state index is -0.0913. The summed E-state index contributed by atoms with van der Waals surface area (Å²) < 4.78 is 0. The molecule has 30 heavy (non-hydrogen) atoms. The predicted octanol–water partition coefficient (Wildman–Crippen LogP) is 6.76. The maximum Gasteiger partial charge on any atom is 0.195 e. The van der Waals surface area contributed by atoms with Crippen LogP contribution in [0.1, 0.15) is 31.8 Å². The van der Waals surface area contributed by atoms with Gasteiger partial charge in [0.2, 0.25) is 0 Å². The molecular weight excluding hydrogens is 408 g/mol. The molecule has 0 saturated carbocycles. The molecule has 0 spiro atoms. The fraction of sp³-hybridized carbons (Fsp3) is 0. The van der Waals surface area contributed by atoms with Crippen molar-refractivity contribution in [3.05, 3.63) is 119 Å². The summed E-state index contributed by atoms with van der Waals surface area (Å²) >= 11 is 3.14. The average molecular weight is 425 g/mol. The highest BCUT2D eigenvalue weighted by atomic mass is 32.2. The van der Waals surface area contributed by atoms with Crippen molar-refractivity contribution in [2.45, 2.75) is 19.6 Å². The molecule has 4 heteroatoms. The van der Waals surface area contributed by atoms with Crippen LogP contribution < -0.4 is 0 Å². The van der Waals surface area contributed by atoms with Crippen molar-refractivity contribution in [3.8, 4) is 0 Å². The Bertz CT molecular complexity index is 1260.